The van der Waals surface area contributed by atoms with E-state index in [9.17, 15) is 15.1 Å². The molecule has 0 saturated heterocycles. The van der Waals surface area contributed by atoms with Crippen molar-refractivity contribution in [3.8, 4) is 11.9 Å². The minimum absolute atomic E-state index is 0.00112. The quantitative estimate of drug-likeness (QED) is 0.662. The largest absolute Gasteiger partial charge is 0.494 e. The van der Waals surface area contributed by atoms with Gasteiger partial charge in [-0.25, -0.2) is 0 Å². The molecule has 1 rings (SSSR count). The minimum atomic E-state index is -0.595. The van der Waals surface area contributed by atoms with E-state index in [2.05, 4.69) is 4.98 Å². The second-order valence-electron chi connectivity index (χ2n) is 3.69. The van der Waals surface area contributed by atoms with Crippen LogP contribution < -0.4 is 5.56 Å². The molecule has 17 heavy (non-hydrogen) atoms. The molecular formula is C11H15N3O3. The summed E-state index contributed by atoms with van der Waals surface area (Å²) < 4.78 is 0. The molecular weight excluding hydrogens is 222 g/mol. The normalized spacial score (nSPS) is 10.5. The minimum Gasteiger partial charge on any atom is -0.494 e. The Hall–Kier alpha value is -1.84. The molecule has 6 heteroatoms. The van der Waals surface area contributed by atoms with Gasteiger partial charge in [-0.15, -0.1) is 0 Å². The molecule has 6 nitrogen and oxygen atoms in total. The monoisotopic (exact) mass is 237 g/mol. The zero-order chi connectivity index (χ0) is 13.0. The first-order chi connectivity index (χ1) is 8.01. The number of aromatic hydroxyl groups is 1. The maximum Gasteiger partial charge on any atom is 0.268 e. The smallest absolute Gasteiger partial charge is 0.268 e. The predicted molar refractivity (Wildman–Crippen MR) is 60.9 cm³/mol. The Morgan fingerprint density at radius 3 is 2.71 bits per heavy atom. The van der Waals surface area contributed by atoms with Crippen molar-refractivity contribution in [3.63, 3.8) is 0 Å². The Morgan fingerprint density at radius 1 is 1.53 bits per heavy atom. The van der Waals surface area contributed by atoms with Crippen molar-refractivity contribution in [3.05, 3.63) is 27.0 Å². The van der Waals surface area contributed by atoms with E-state index in [1.807, 2.05) is 0 Å². The number of hydrogen-bond acceptors (Lipinski definition) is 5. The number of aromatic amines is 1. The molecule has 0 bridgehead atoms. The fraction of sp³-hybridized carbons (Fsp3) is 0.455. The highest BCUT2D eigenvalue weighted by Gasteiger charge is 2.14. The number of hydroxylamine groups is 2. The van der Waals surface area contributed by atoms with Gasteiger partial charge in [0.25, 0.3) is 5.56 Å². The van der Waals surface area contributed by atoms with E-state index < -0.39 is 5.56 Å². The van der Waals surface area contributed by atoms with Gasteiger partial charge < -0.3 is 10.3 Å². The second kappa shape index (κ2) is 5.48. The van der Waals surface area contributed by atoms with Gasteiger partial charge in [0.15, 0.2) is 5.88 Å². The fourth-order valence-corrected chi connectivity index (χ4v) is 1.58. The van der Waals surface area contributed by atoms with Crippen LogP contribution in [0, 0.1) is 18.3 Å². The lowest BCUT2D eigenvalue weighted by Gasteiger charge is -2.14. The Kier molecular flexibility index (Phi) is 4.26. The number of aromatic nitrogens is 1. The van der Waals surface area contributed by atoms with E-state index in [-0.39, 0.29) is 11.4 Å². The summed E-state index contributed by atoms with van der Waals surface area (Å²) in [4.78, 5) is 13.6. The van der Waals surface area contributed by atoms with E-state index in [0.717, 1.165) is 5.06 Å². The number of nitrogens with zero attached hydrogens (tertiary/aromatic N) is 2. The first-order valence-electron chi connectivity index (χ1n) is 5.29. The summed E-state index contributed by atoms with van der Waals surface area (Å²) >= 11 is 0. The third-order valence-electron chi connectivity index (χ3n) is 2.67. The van der Waals surface area contributed by atoms with Crippen LogP contribution >= 0.6 is 0 Å². The zero-order valence-corrected chi connectivity index (χ0v) is 9.82. The summed E-state index contributed by atoms with van der Waals surface area (Å²) in [5.74, 6) is -0.240. The van der Waals surface area contributed by atoms with Crippen LogP contribution in [0.25, 0.3) is 0 Å². The third-order valence-corrected chi connectivity index (χ3v) is 2.67. The van der Waals surface area contributed by atoms with Gasteiger partial charge in [-0.3, -0.25) is 9.78 Å². The maximum atomic E-state index is 11.3. The molecule has 0 radical (unpaired) electrons. The van der Waals surface area contributed by atoms with Gasteiger partial charge in [0.2, 0.25) is 0 Å². The first kappa shape index (κ1) is 13.2. The van der Waals surface area contributed by atoms with Crippen molar-refractivity contribution in [2.45, 2.75) is 20.3 Å². The summed E-state index contributed by atoms with van der Waals surface area (Å²) in [6, 6.07) is 1.80. The molecule has 1 aromatic heterocycles. The number of pyridine rings is 1. The van der Waals surface area contributed by atoms with E-state index in [1.54, 1.807) is 19.9 Å². The molecule has 0 aromatic carbocycles. The summed E-state index contributed by atoms with van der Waals surface area (Å²) in [7, 11) is 0. The first-order valence-corrected chi connectivity index (χ1v) is 5.29. The molecule has 0 spiro atoms. The average Bonchev–Trinajstić information content (AvgIpc) is 2.28. The highest BCUT2D eigenvalue weighted by molar-refractivity contribution is 5.44. The van der Waals surface area contributed by atoms with Gasteiger partial charge in [0, 0.05) is 18.7 Å². The number of hydrogen-bond donors (Lipinski definition) is 3. The van der Waals surface area contributed by atoms with E-state index >= 15 is 0 Å². The van der Waals surface area contributed by atoms with Crippen molar-refractivity contribution in [1.82, 2.24) is 10.0 Å². The highest BCUT2D eigenvalue weighted by atomic mass is 16.5. The van der Waals surface area contributed by atoms with Gasteiger partial charge in [-0.2, -0.15) is 10.3 Å². The fourth-order valence-electron chi connectivity index (χ4n) is 1.58. The summed E-state index contributed by atoms with van der Waals surface area (Å²) in [5.41, 5.74) is 0.341. The molecule has 0 saturated carbocycles. The number of nitrogens with one attached hydrogen (secondary N) is 1. The Balaban J connectivity index is 3.08. The topological polar surface area (TPSA) is 100 Å². The molecule has 92 valence electrons. The van der Waals surface area contributed by atoms with Crippen molar-refractivity contribution in [2.75, 3.05) is 13.1 Å². The molecule has 0 atom stereocenters. The summed E-state index contributed by atoms with van der Waals surface area (Å²) in [6.45, 7) is 4.19. The van der Waals surface area contributed by atoms with Crippen LogP contribution in [0.1, 0.15) is 23.6 Å². The van der Waals surface area contributed by atoms with Gasteiger partial charge in [0.1, 0.15) is 11.6 Å². The molecule has 0 aliphatic heterocycles. The molecule has 0 aliphatic rings. The van der Waals surface area contributed by atoms with Crippen LogP contribution in [0.4, 0.5) is 0 Å². The average molecular weight is 237 g/mol. The Morgan fingerprint density at radius 2 is 2.18 bits per heavy atom. The van der Waals surface area contributed by atoms with Crippen molar-refractivity contribution < 1.29 is 10.3 Å². The highest BCUT2D eigenvalue weighted by Crippen LogP contribution is 2.19. The van der Waals surface area contributed by atoms with Crippen LogP contribution in [0.2, 0.25) is 0 Å². The predicted octanol–water partition coefficient (Wildman–Crippen LogP) is 0.514. The van der Waals surface area contributed by atoms with Crippen LogP contribution in [0.15, 0.2) is 4.79 Å². The summed E-state index contributed by atoms with van der Waals surface area (Å²) in [5, 5.41) is 28.8. The Bertz CT molecular complexity index is 502. The zero-order valence-electron chi connectivity index (χ0n) is 9.82. The van der Waals surface area contributed by atoms with Crippen LogP contribution in [-0.2, 0) is 6.42 Å². The van der Waals surface area contributed by atoms with E-state index in [0.29, 0.717) is 30.6 Å². The molecule has 3 N–H and O–H groups in total. The van der Waals surface area contributed by atoms with E-state index in [4.69, 9.17) is 5.26 Å². The standard InChI is InChI=1S/C11H15N3O3/c1-3-14(17)5-4-8-7(2)9(6-12)11(16)13-10(8)15/h17H,3-5H2,1-2H3,(H2,13,15,16). The lowest BCUT2D eigenvalue weighted by Crippen LogP contribution is -2.23. The molecule has 0 amide bonds. The summed E-state index contributed by atoms with van der Waals surface area (Å²) in [6.07, 6.45) is 0.355. The van der Waals surface area contributed by atoms with Gasteiger partial charge in [-0.05, 0) is 18.9 Å². The van der Waals surface area contributed by atoms with Crippen molar-refractivity contribution >= 4 is 0 Å². The lowest BCUT2D eigenvalue weighted by molar-refractivity contribution is -0.0850. The van der Waals surface area contributed by atoms with Gasteiger partial charge in [0.05, 0.1) is 0 Å². The van der Waals surface area contributed by atoms with E-state index in [1.165, 1.54) is 0 Å². The molecule has 0 unspecified atom stereocenters. The van der Waals surface area contributed by atoms with Gasteiger partial charge in [-0.1, -0.05) is 6.92 Å². The van der Waals surface area contributed by atoms with Crippen LogP contribution in [0.3, 0.4) is 0 Å². The maximum absolute atomic E-state index is 11.3. The Labute approximate surface area is 98.7 Å². The van der Waals surface area contributed by atoms with Crippen LogP contribution in [0.5, 0.6) is 5.88 Å². The number of nitriles is 1. The lowest BCUT2D eigenvalue weighted by atomic mass is 10.0. The van der Waals surface area contributed by atoms with Crippen molar-refractivity contribution in [1.29, 1.82) is 5.26 Å². The molecule has 0 aliphatic carbocycles. The molecule has 0 fully saturated rings. The number of H-pyrrole nitrogens is 1. The van der Waals surface area contributed by atoms with Crippen LogP contribution in [-0.4, -0.2) is 33.5 Å². The molecule has 1 aromatic rings. The van der Waals surface area contributed by atoms with Crippen molar-refractivity contribution in [2.24, 2.45) is 0 Å². The number of likely N-dealkylation sites (N-methyl/N-ethyl adjacent to an activating group) is 1. The van der Waals surface area contributed by atoms with Gasteiger partial charge >= 0.3 is 0 Å². The third kappa shape index (κ3) is 2.84. The second-order valence-corrected chi connectivity index (χ2v) is 3.69. The molecule has 1 heterocycles. The number of rotatable bonds is 4. The SMILES string of the molecule is CCN(O)CCc1c(O)[nH]c(=O)c(C#N)c1C.